The number of nitrogens with zero attached hydrogens (tertiary/aromatic N) is 1. The molecule has 0 heterocycles. The molecule has 0 aliphatic rings. The van der Waals surface area contributed by atoms with Gasteiger partial charge in [0.2, 0.25) is 0 Å². The van der Waals surface area contributed by atoms with E-state index in [0.29, 0.717) is 26.3 Å². The van der Waals surface area contributed by atoms with E-state index in [4.69, 9.17) is 9.47 Å². The fraction of sp³-hybridized carbons (Fsp3) is 0.400. The number of nitrogens with one attached hydrogen (secondary N) is 1. The van der Waals surface area contributed by atoms with Crippen molar-refractivity contribution in [1.29, 1.82) is 0 Å². The van der Waals surface area contributed by atoms with Gasteiger partial charge in [-0.1, -0.05) is 34.1 Å². The van der Waals surface area contributed by atoms with Gasteiger partial charge >= 0.3 is 6.03 Å². The van der Waals surface area contributed by atoms with Crippen molar-refractivity contribution in [2.45, 2.75) is 0 Å². The molecule has 0 aliphatic heterocycles. The molecule has 1 aromatic carbocycles. The Hall–Kier alpha value is -1.37. The predicted molar refractivity (Wildman–Crippen MR) is 87.0 cm³/mol. The van der Waals surface area contributed by atoms with Crippen LogP contribution in [0.25, 0.3) is 6.08 Å². The first-order chi connectivity index (χ1) is 10.2. The highest BCUT2D eigenvalue weighted by Gasteiger charge is 2.11. The summed E-state index contributed by atoms with van der Waals surface area (Å²) in [6.07, 6.45) is 3.47. The Labute approximate surface area is 134 Å². The van der Waals surface area contributed by atoms with Crippen molar-refractivity contribution in [2.24, 2.45) is 0 Å². The molecule has 0 spiro atoms. The van der Waals surface area contributed by atoms with Crippen molar-refractivity contribution in [3.8, 4) is 0 Å². The van der Waals surface area contributed by atoms with Gasteiger partial charge in [-0.05, 0) is 17.7 Å². The van der Waals surface area contributed by atoms with Gasteiger partial charge in [-0.15, -0.1) is 0 Å². The van der Waals surface area contributed by atoms with E-state index in [9.17, 15) is 4.79 Å². The van der Waals surface area contributed by atoms with Gasteiger partial charge in [-0.25, -0.2) is 4.79 Å². The van der Waals surface area contributed by atoms with E-state index in [1.54, 1.807) is 25.3 Å². The number of rotatable bonds is 8. The van der Waals surface area contributed by atoms with Crippen LogP contribution in [0.2, 0.25) is 0 Å². The first-order valence-electron chi connectivity index (χ1n) is 6.63. The van der Waals surface area contributed by atoms with Crippen LogP contribution in [0.5, 0.6) is 0 Å². The fourth-order valence-electron chi connectivity index (χ4n) is 1.62. The van der Waals surface area contributed by atoms with Gasteiger partial charge in [0, 0.05) is 38.0 Å². The molecule has 0 bridgehead atoms. The molecule has 0 saturated heterocycles. The minimum Gasteiger partial charge on any atom is -0.383 e. The summed E-state index contributed by atoms with van der Waals surface area (Å²) >= 11 is 3.45. The first-order valence-corrected chi connectivity index (χ1v) is 7.42. The second kappa shape index (κ2) is 10.4. The zero-order valence-electron chi connectivity index (χ0n) is 12.3. The van der Waals surface area contributed by atoms with Gasteiger partial charge in [0.25, 0.3) is 0 Å². The average Bonchev–Trinajstić information content (AvgIpc) is 2.49. The molecule has 0 saturated carbocycles. The lowest BCUT2D eigenvalue weighted by Crippen LogP contribution is -2.41. The van der Waals surface area contributed by atoms with Crippen LogP contribution >= 0.6 is 15.9 Å². The molecular formula is C15H21BrN2O3. The second-order valence-corrected chi connectivity index (χ2v) is 5.13. The van der Waals surface area contributed by atoms with E-state index >= 15 is 0 Å². The fourth-order valence-corrected chi connectivity index (χ4v) is 2.04. The lowest BCUT2D eigenvalue weighted by Gasteiger charge is -2.21. The summed E-state index contributed by atoms with van der Waals surface area (Å²) in [7, 11) is 3.22. The normalized spacial score (nSPS) is 10.8. The summed E-state index contributed by atoms with van der Waals surface area (Å²) in [4.78, 5) is 13.7. The number of urea groups is 1. The number of hydrogen-bond donors (Lipinski definition) is 1. The topological polar surface area (TPSA) is 50.8 Å². The lowest BCUT2D eigenvalue weighted by atomic mass is 10.2. The zero-order valence-corrected chi connectivity index (χ0v) is 13.9. The molecule has 6 heteroatoms. The van der Waals surface area contributed by atoms with Gasteiger partial charge in [-0.2, -0.15) is 0 Å². The van der Waals surface area contributed by atoms with Gasteiger partial charge in [0.05, 0.1) is 13.2 Å². The van der Waals surface area contributed by atoms with Crippen LogP contribution in [-0.2, 0) is 9.47 Å². The molecular weight excluding hydrogens is 336 g/mol. The third kappa shape index (κ3) is 6.75. The highest BCUT2D eigenvalue weighted by Crippen LogP contribution is 2.16. The summed E-state index contributed by atoms with van der Waals surface area (Å²) in [6, 6.07) is 7.62. The molecule has 1 aromatic rings. The molecule has 1 N–H and O–H groups in total. The Bertz CT molecular complexity index is 458. The summed E-state index contributed by atoms with van der Waals surface area (Å²) in [5, 5.41) is 2.75. The third-order valence-corrected chi connectivity index (χ3v) is 3.51. The van der Waals surface area contributed by atoms with Crippen LogP contribution < -0.4 is 5.32 Å². The standard InChI is InChI=1S/C15H21BrN2O3/c1-20-11-9-18(10-12-21-2)15(19)17-8-7-13-5-3-4-6-14(13)16/h3-8H,9-12H2,1-2H3,(H,17,19)/b8-7+. The van der Waals surface area contributed by atoms with Crippen LogP contribution in [0.3, 0.4) is 0 Å². The zero-order chi connectivity index (χ0) is 15.5. The number of hydrogen-bond acceptors (Lipinski definition) is 3. The summed E-state index contributed by atoms with van der Waals surface area (Å²) in [6.45, 7) is 2.03. The summed E-state index contributed by atoms with van der Waals surface area (Å²) in [5.74, 6) is 0. The Morgan fingerprint density at radius 3 is 2.43 bits per heavy atom. The monoisotopic (exact) mass is 356 g/mol. The maximum Gasteiger partial charge on any atom is 0.321 e. The predicted octanol–water partition coefficient (Wildman–Crippen LogP) is 2.72. The van der Waals surface area contributed by atoms with E-state index in [1.807, 2.05) is 30.3 Å². The molecule has 0 radical (unpaired) electrons. The van der Waals surface area contributed by atoms with E-state index in [1.165, 1.54) is 0 Å². The highest BCUT2D eigenvalue weighted by atomic mass is 79.9. The van der Waals surface area contributed by atoms with Crippen LogP contribution in [0.4, 0.5) is 4.79 Å². The number of amides is 2. The van der Waals surface area contributed by atoms with Crippen molar-refractivity contribution < 1.29 is 14.3 Å². The Morgan fingerprint density at radius 1 is 1.24 bits per heavy atom. The quantitative estimate of drug-likeness (QED) is 0.778. The molecule has 2 amide bonds. The molecule has 1 rings (SSSR count). The Morgan fingerprint density at radius 2 is 1.86 bits per heavy atom. The van der Waals surface area contributed by atoms with E-state index in [-0.39, 0.29) is 6.03 Å². The minimum absolute atomic E-state index is 0.174. The van der Waals surface area contributed by atoms with Crippen molar-refractivity contribution >= 4 is 28.0 Å². The molecule has 5 nitrogen and oxygen atoms in total. The molecule has 0 fully saturated rings. The largest absolute Gasteiger partial charge is 0.383 e. The Kier molecular flexibility index (Phi) is 8.73. The van der Waals surface area contributed by atoms with Crippen molar-refractivity contribution in [1.82, 2.24) is 10.2 Å². The molecule has 0 aromatic heterocycles. The molecule has 0 atom stereocenters. The van der Waals surface area contributed by atoms with Crippen LogP contribution in [0.1, 0.15) is 5.56 Å². The number of carbonyl (C=O) groups excluding carboxylic acids is 1. The summed E-state index contributed by atoms with van der Waals surface area (Å²) < 4.78 is 11.0. The lowest BCUT2D eigenvalue weighted by molar-refractivity contribution is 0.124. The maximum absolute atomic E-state index is 12.1. The van der Waals surface area contributed by atoms with Gasteiger partial charge in [0.15, 0.2) is 0 Å². The number of methoxy groups -OCH3 is 2. The van der Waals surface area contributed by atoms with Crippen molar-refractivity contribution in [3.05, 3.63) is 40.5 Å². The van der Waals surface area contributed by atoms with Crippen LogP contribution in [0, 0.1) is 0 Å². The van der Waals surface area contributed by atoms with Gasteiger partial charge < -0.3 is 19.7 Å². The molecule has 0 aliphatic carbocycles. The van der Waals surface area contributed by atoms with Gasteiger partial charge in [-0.3, -0.25) is 0 Å². The van der Waals surface area contributed by atoms with Crippen LogP contribution in [-0.4, -0.2) is 51.5 Å². The second-order valence-electron chi connectivity index (χ2n) is 4.28. The first kappa shape index (κ1) is 17.7. The molecule has 21 heavy (non-hydrogen) atoms. The van der Waals surface area contributed by atoms with Gasteiger partial charge in [0.1, 0.15) is 0 Å². The third-order valence-electron chi connectivity index (χ3n) is 2.79. The van der Waals surface area contributed by atoms with E-state index < -0.39 is 0 Å². The smallest absolute Gasteiger partial charge is 0.321 e. The number of benzene rings is 1. The van der Waals surface area contributed by atoms with E-state index in [2.05, 4.69) is 21.2 Å². The SMILES string of the molecule is COCCN(CCOC)C(=O)N/C=C/c1ccccc1Br. The molecule has 0 unspecified atom stereocenters. The highest BCUT2D eigenvalue weighted by molar-refractivity contribution is 9.10. The number of carbonyl (C=O) groups is 1. The summed E-state index contributed by atoms with van der Waals surface area (Å²) in [5.41, 5.74) is 0.998. The van der Waals surface area contributed by atoms with Crippen molar-refractivity contribution in [3.63, 3.8) is 0 Å². The van der Waals surface area contributed by atoms with Crippen molar-refractivity contribution in [2.75, 3.05) is 40.5 Å². The Balaban J connectivity index is 2.54. The number of halogens is 1. The molecule has 116 valence electrons. The average molecular weight is 357 g/mol. The number of ether oxygens (including phenoxy) is 2. The minimum atomic E-state index is -0.174. The maximum atomic E-state index is 12.1. The van der Waals surface area contributed by atoms with E-state index in [0.717, 1.165) is 10.0 Å². The van der Waals surface area contributed by atoms with Crippen LogP contribution in [0.15, 0.2) is 34.9 Å².